The highest BCUT2D eigenvalue weighted by molar-refractivity contribution is 8.76. The minimum absolute atomic E-state index is 0.0319. The first-order valence-corrected chi connectivity index (χ1v) is 12.7. The fourth-order valence-corrected chi connectivity index (χ4v) is 5.36. The van der Waals surface area contributed by atoms with Crippen LogP contribution in [-0.2, 0) is 9.53 Å². The number of carbonyl (C=O) groups is 1. The first-order valence-electron chi connectivity index (χ1n) is 10.3. The maximum Gasteiger partial charge on any atom is 0.305 e. The van der Waals surface area contributed by atoms with Crippen molar-refractivity contribution in [3.05, 3.63) is 0 Å². The summed E-state index contributed by atoms with van der Waals surface area (Å²) in [5.74, 6) is 1.22. The molecule has 1 unspecified atom stereocenters. The Morgan fingerprint density at radius 3 is 2.36 bits per heavy atom. The second-order valence-corrected chi connectivity index (χ2v) is 10.9. The van der Waals surface area contributed by atoms with Crippen molar-refractivity contribution in [1.29, 1.82) is 0 Å². The van der Waals surface area contributed by atoms with Gasteiger partial charge in [0.1, 0.15) is 0 Å². The van der Waals surface area contributed by atoms with Gasteiger partial charge in [0, 0.05) is 17.4 Å². The molecule has 0 saturated heterocycles. The normalized spacial score (nSPS) is 13.0. The van der Waals surface area contributed by atoms with Crippen LogP contribution in [0.1, 0.15) is 105 Å². The molecule has 0 fully saturated rings. The van der Waals surface area contributed by atoms with Crippen molar-refractivity contribution in [2.75, 3.05) is 12.4 Å². The van der Waals surface area contributed by atoms with E-state index in [9.17, 15) is 4.79 Å². The Hall–Kier alpha value is 0.170. The lowest BCUT2D eigenvalue weighted by Gasteiger charge is -2.16. The Morgan fingerprint density at radius 1 is 1.00 bits per heavy atom. The maximum absolute atomic E-state index is 11.6. The third-order valence-corrected chi connectivity index (χ3v) is 7.41. The number of esters is 1. The number of hydrogen-bond donors (Lipinski definition) is 0. The number of rotatable bonds is 16. The van der Waals surface area contributed by atoms with Gasteiger partial charge in [-0.15, -0.1) is 0 Å². The van der Waals surface area contributed by atoms with E-state index in [1.807, 2.05) is 0 Å². The van der Waals surface area contributed by atoms with Crippen LogP contribution in [0.4, 0.5) is 0 Å². The van der Waals surface area contributed by atoms with Crippen molar-refractivity contribution < 1.29 is 9.53 Å². The van der Waals surface area contributed by atoms with Crippen molar-refractivity contribution in [3.8, 4) is 0 Å². The molecule has 4 heteroatoms. The summed E-state index contributed by atoms with van der Waals surface area (Å²) >= 11 is 0. The molecule has 0 aromatic heterocycles. The van der Waals surface area contributed by atoms with Gasteiger partial charge in [0.25, 0.3) is 0 Å². The van der Waals surface area contributed by atoms with Crippen molar-refractivity contribution >= 4 is 27.6 Å². The summed E-state index contributed by atoms with van der Waals surface area (Å²) in [6.45, 7) is 11.7. The Balaban J connectivity index is 3.39. The molecule has 0 aromatic rings. The quantitative estimate of drug-likeness (QED) is 0.153. The van der Waals surface area contributed by atoms with Gasteiger partial charge >= 0.3 is 5.97 Å². The fraction of sp³-hybridized carbons (Fsp3) is 0.952. The summed E-state index contributed by atoms with van der Waals surface area (Å²) in [5.41, 5.74) is 0.210. The van der Waals surface area contributed by atoms with Gasteiger partial charge in [0.2, 0.25) is 0 Å². The van der Waals surface area contributed by atoms with E-state index < -0.39 is 0 Å². The van der Waals surface area contributed by atoms with E-state index in [0.717, 1.165) is 18.1 Å². The van der Waals surface area contributed by atoms with Gasteiger partial charge in [0.15, 0.2) is 0 Å². The van der Waals surface area contributed by atoms with Gasteiger partial charge in [-0.1, -0.05) is 88.3 Å². The van der Waals surface area contributed by atoms with Crippen LogP contribution in [0.15, 0.2) is 0 Å². The zero-order chi connectivity index (χ0) is 19.0. The lowest BCUT2D eigenvalue weighted by molar-refractivity contribution is -0.144. The van der Waals surface area contributed by atoms with Crippen LogP contribution in [-0.4, -0.2) is 23.6 Å². The molecular weight excluding hydrogens is 348 g/mol. The molecule has 0 saturated carbocycles. The number of hydrogen-bond acceptors (Lipinski definition) is 4. The molecule has 0 spiro atoms. The molecule has 0 amide bonds. The minimum Gasteiger partial charge on any atom is -0.466 e. The standard InChI is InChI=1S/C21H42O2S2/c1-6-8-11-14-19(7-2)25-24-18-13-10-9-12-17-23-20(22)15-16-21(3,4)5/h19H,6-18H2,1-5H3. The van der Waals surface area contributed by atoms with Gasteiger partial charge in [-0.25, -0.2) is 0 Å². The summed E-state index contributed by atoms with van der Waals surface area (Å²) in [4.78, 5) is 11.6. The van der Waals surface area contributed by atoms with Crippen molar-refractivity contribution in [3.63, 3.8) is 0 Å². The maximum atomic E-state index is 11.6. The molecule has 0 rings (SSSR count). The highest BCUT2D eigenvalue weighted by atomic mass is 33.1. The Kier molecular flexibility index (Phi) is 16.5. The summed E-state index contributed by atoms with van der Waals surface area (Å²) in [7, 11) is 4.15. The smallest absolute Gasteiger partial charge is 0.305 e. The van der Waals surface area contributed by atoms with Crippen LogP contribution in [0.25, 0.3) is 0 Å². The predicted octanol–water partition coefficient (Wildman–Crippen LogP) is 7.66. The molecule has 0 N–H and O–H groups in total. The predicted molar refractivity (Wildman–Crippen MR) is 116 cm³/mol. The lowest BCUT2D eigenvalue weighted by Crippen LogP contribution is -2.11. The molecular formula is C21H42O2S2. The first-order chi connectivity index (χ1) is 11.9. The van der Waals surface area contributed by atoms with Gasteiger partial charge in [0.05, 0.1) is 6.61 Å². The highest BCUT2D eigenvalue weighted by Crippen LogP contribution is 2.32. The molecule has 25 heavy (non-hydrogen) atoms. The van der Waals surface area contributed by atoms with E-state index in [2.05, 4.69) is 56.2 Å². The first kappa shape index (κ1) is 25.2. The van der Waals surface area contributed by atoms with Gasteiger partial charge in [-0.2, -0.15) is 0 Å². The largest absolute Gasteiger partial charge is 0.466 e. The fourth-order valence-electron chi connectivity index (χ4n) is 2.44. The summed E-state index contributed by atoms with van der Waals surface area (Å²) < 4.78 is 5.31. The minimum atomic E-state index is -0.0319. The summed E-state index contributed by atoms with van der Waals surface area (Å²) in [5, 5.41) is 0.837. The molecule has 0 bridgehead atoms. The van der Waals surface area contributed by atoms with Crippen molar-refractivity contribution in [2.24, 2.45) is 5.41 Å². The van der Waals surface area contributed by atoms with E-state index >= 15 is 0 Å². The Labute approximate surface area is 165 Å². The van der Waals surface area contributed by atoms with E-state index in [1.165, 1.54) is 57.1 Å². The summed E-state index contributed by atoms with van der Waals surface area (Å²) in [6, 6.07) is 0. The average Bonchev–Trinajstić information content (AvgIpc) is 2.56. The SMILES string of the molecule is CCCCCC(CC)SSCCCCCCOC(=O)CCC(C)(C)C. The van der Waals surface area contributed by atoms with Crippen molar-refractivity contribution in [2.45, 2.75) is 110 Å². The van der Waals surface area contributed by atoms with E-state index in [1.54, 1.807) is 0 Å². The third-order valence-electron chi connectivity index (χ3n) is 4.25. The summed E-state index contributed by atoms with van der Waals surface area (Å²) in [6.07, 6.45) is 12.9. The highest BCUT2D eigenvalue weighted by Gasteiger charge is 2.13. The van der Waals surface area contributed by atoms with Gasteiger partial charge in [-0.05, 0) is 37.5 Å². The van der Waals surface area contributed by atoms with Crippen LogP contribution in [0.3, 0.4) is 0 Å². The van der Waals surface area contributed by atoms with E-state index in [0.29, 0.717) is 13.0 Å². The van der Waals surface area contributed by atoms with E-state index in [4.69, 9.17) is 4.74 Å². The molecule has 0 aliphatic carbocycles. The van der Waals surface area contributed by atoms with Crippen LogP contribution in [0, 0.1) is 5.41 Å². The van der Waals surface area contributed by atoms with Crippen LogP contribution in [0.5, 0.6) is 0 Å². The van der Waals surface area contributed by atoms with Crippen LogP contribution in [0.2, 0.25) is 0 Å². The zero-order valence-electron chi connectivity index (χ0n) is 17.4. The number of carbonyl (C=O) groups excluding carboxylic acids is 1. The molecule has 1 atom stereocenters. The Bertz CT molecular complexity index is 314. The average molecular weight is 391 g/mol. The zero-order valence-corrected chi connectivity index (χ0v) is 19.0. The number of unbranched alkanes of at least 4 members (excludes halogenated alkanes) is 5. The molecule has 0 radical (unpaired) electrons. The monoisotopic (exact) mass is 390 g/mol. The molecule has 0 aliphatic rings. The van der Waals surface area contributed by atoms with Gasteiger partial charge < -0.3 is 4.74 Å². The molecule has 2 nitrogen and oxygen atoms in total. The number of ether oxygens (including phenoxy) is 1. The van der Waals surface area contributed by atoms with Crippen LogP contribution < -0.4 is 0 Å². The Morgan fingerprint density at radius 2 is 1.72 bits per heavy atom. The van der Waals surface area contributed by atoms with Gasteiger partial charge in [-0.3, -0.25) is 4.79 Å². The van der Waals surface area contributed by atoms with Crippen LogP contribution >= 0.6 is 21.6 Å². The van der Waals surface area contributed by atoms with Crippen molar-refractivity contribution in [1.82, 2.24) is 0 Å². The molecule has 0 aliphatic heterocycles. The molecule has 0 aromatic carbocycles. The molecule has 0 heterocycles. The second-order valence-electron chi connectivity index (χ2n) is 8.14. The second kappa shape index (κ2) is 16.4. The van der Waals surface area contributed by atoms with E-state index in [-0.39, 0.29) is 11.4 Å². The lowest BCUT2D eigenvalue weighted by atomic mass is 9.91. The topological polar surface area (TPSA) is 26.3 Å². The third kappa shape index (κ3) is 18.8. The molecule has 150 valence electrons.